The van der Waals surface area contributed by atoms with Gasteiger partial charge in [-0.25, -0.2) is 8.78 Å². The molecule has 3 nitrogen and oxygen atoms in total. The zero-order valence-electron chi connectivity index (χ0n) is 11.6. The number of halogens is 3. The molecule has 1 atom stereocenters. The van der Waals surface area contributed by atoms with Crippen LogP contribution in [-0.4, -0.2) is 29.9 Å². The predicted octanol–water partition coefficient (Wildman–Crippen LogP) is 2.49. The van der Waals surface area contributed by atoms with E-state index in [4.69, 9.17) is 0 Å². The van der Waals surface area contributed by atoms with Crippen LogP contribution in [0.4, 0.5) is 8.78 Å². The number of benzene rings is 1. The fraction of sp³-hybridized carbons (Fsp3) is 0.533. The van der Waals surface area contributed by atoms with Gasteiger partial charge in [0.25, 0.3) is 0 Å². The van der Waals surface area contributed by atoms with E-state index in [0.717, 1.165) is 31.9 Å². The van der Waals surface area contributed by atoms with Crippen molar-refractivity contribution in [3.05, 3.63) is 35.4 Å². The lowest BCUT2D eigenvalue weighted by molar-refractivity contribution is -0.136. The second-order valence-corrected chi connectivity index (χ2v) is 5.62. The second kappa shape index (κ2) is 6.71. The van der Waals surface area contributed by atoms with Crippen molar-refractivity contribution in [2.24, 2.45) is 5.92 Å². The zero-order valence-corrected chi connectivity index (χ0v) is 12.5. The van der Waals surface area contributed by atoms with Gasteiger partial charge in [-0.3, -0.25) is 4.79 Å². The number of nitrogens with one attached hydrogen (secondary N) is 1. The van der Waals surface area contributed by atoms with Gasteiger partial charge in [0.05, 0.1) is 5.92 Å². The minimum absolute atomic E-state index is 0. The lowest BCUT2D eigenvalue weighted by Crippen LogP contribution is -2.38. The SMILES string of the molecule is Cl.O=C(C1CCNC1)N(Cc1ccc(F)cc1F)C1CC1. The van der Waals surface area contributed by atoms with Crippen LogP contribution in [0.15, 0.2) is 18.2 Å². The van der Waals surface area contributed by atoms with Gasteiger partial charge in [0.1, 0.15) is 11.6 Å². The van der Waals surface area contributed by atoms with E-state index in [1.807, 2.05) is 0 Å². The summed E-state index contributed by atoms with van der Waals surface area (Å²) < 4.78 is 26.7. The highest BCUT2D eigenvalue weighted by Gasteiger charge is 2.36. The number of carbonyl (C=O) groups excluding carboxylic acids is 1. The average molecular weight is 317 g/mol. The Morgan fingerprint density at radius 3 is 2.62 bits per heavy atom. The lowest BCUT2D eigenvalue weighted by atomic mass is 10.1. The molecule has 2 aliphatic rings. The van der Waals surface area contributed by atoms with Crippen molar-refractivity contribution >= 4 is 18.3 Å². The first kappa shape index (κ1) is 16.2. The van der Waals surface area contributed by atoms with Crippen molar-refractivity contribution in [3.63, 3.8) is 0 Å². The van der Waals surface area contributed by atoms with Crippen LogP contribution >= 0.6 is 12.4 Å². The predicted molar refractivity (Wildman–Crippen MR) is 78.2 cm³/mol. The summed E-state index contributed by atoms with van der Waals surface area (Å²) in [4.78, 5) is 14.3. The van der Waals surface area contributed by atoms with Gasteiger partial charge < -0.3 is 10.2 Å². The Morgan fingerprint density at radius 1 is 1.29 bits per heavy atom. The maximum atomic E-state index is 13.7. The summed E-state index contributed by atoms with van der Waals surface area (Å²) >= 11 is 0. The van der Waals surface area contributed by atoms with Crippen LogP contribution in [0.3, 0.4) is 0 Å². The van der Waals surface area contributed by atoms with Gasteiger partial charge >= 0.3 is 0 Å². The first-order valence-corrected chi connectivity index (χ1v) is 7.10. The molecule has 1 saturated carbocycles. The summed E-state index contributed by atoms with van der Waals surface area (Å²) in [7, 11) is 0. The fourth-order valence-electron chi connectivity index (χ4n) is 2.71. The molecule has 1 heterocycles. The molecule has 0 bridgehead atoms. The van der Waals surface area contributed by atoms with Gasteiger partial charge in [-0.05, 0) is 31.9 Å². The number of carbonyl (C=O) groups is 1. The number of rotatable bonds is 4. The van der Waals surface area contributed by atoms with Gasteiger partial charge in [0.2, 0.25) is 5.91 Å². The molecule has 1 aromatic rings. The Bertz CT molecular complexity index is 516. The van der Waals surface area contributed by atoms with E-state index < -0.39 is 11.6 Å². The maximum Gasteiger partial charge on any atom is 0.227 e. The van der Waals surface area contributed by atoms with E-state index >= 15 is 0 Å². The van der Waals surface area contributed by atoms with Crippen molar-refractivity contribution < 1.29 is 13.6 Å². The Hall–Kier alpha value is -1.20. The maximum absolute atomic E-state index is 13.7. The van der Waals surface area contributed by atoms with Crippen molar-refractivity contribution in [2.45, 2.75) is 31.8 Å². The van der Waals surface area contributed by atoms with E-state index in [2.05, 4.69) is 5.32 Å². The summed E-state index contributed by atoms with van der Waals surface area (Å²) in [6.45, 7) is 1.81. The van der Waals surface area contributed by atoms with Crippen LogP contribution in [0.1, 0.15) is 24.8 Å². The molecular weight excluding hydrogens is 298 g/mol. The molecule has 116 valence electrons. The Balaban J connectivity index is 0.00000161. The van der Waals surface area contributed by atoms with Crippen LogP contribution in [0, 0.1) is 17.6 Å². The highest BCUT2D eigenvalue weighted by atomic mass is 35.5. The quantitative estimate of drug-likeness (QED) is 0.925. The highest BCUT2D eigenvalue weighted by molar-refractivity contribution is 5.85. The smallest absolute Gasteiger partial charge is 0.227 e. The van der Waals surface area contributed by atoms with Crippen molar-refractivity contribution in [1.29, 1.82) is 0 Å². The van der Waals surface area contributed by atoms with E-state index in [9.17, 15) is 13.6 Å². The molecule has 1 amide bonds. The molecule has 3 rings (SSSR count). The van der Waals surface area contributed by atoms with Gasteiger partial charge in [-0.1, -0.05) is 6.07 Å². The van der Waals surface area contributed by atoms with Crippen molar-refractivity contribution in [2.75, 3.05) is 13.1 Å². The summed E-state index contributed by atoms with van der Waals surface area (Å²) in [6, 6.07) is 3.78. The third kappa shape index (κ3) is 3.71. The standard InChI is InChI=1S/C15H18F2N2O.ClH/c16-12-2-1-11(14(17)7-12)9-19(13-3-4-13)15(20)10-5-6-18-8-10;/h1-2,7,10,13,18H,3-6,8-9H2;1H. The minimum Gasteiger partial charge on any atom is -0.335 e. The fourth-order valence-corrected chi connectivity index (χ4v) is 2.71. The third-order valence-electron chi connectivity index (χ3n) is 4.04. The molecule has 1 saturated heterocycles. The highest BCUT2D eigenvalue weighted by Crippen LogP contribution is 2.31. The van der Waals surface area contributed by atoms with Crippen LogP contribution in [0.25, 0.3) is 0 Å². The molecule has 1 N–H and O–H groups in total. The monoisotopic (exact) mass is 316 g/mol. The summed E-state index contributed by atoms with van der Waals surface area (Å²) in [5, 5.41) is 3.18. The normalized spacial score (nSPS) is 21.0. The summed E-state index contributed by atoms with van der Waals surface area (Å²) in [5.41, 5.74) is 0.387. The number of hydrogen-bond donors (Lipinski definition) is 1. The average Bonchev–Trinajstić information content (AvgIpc) is 3.11. The molecule has 1 aliphatic carbocycles. The summed E-state index contributed by atoms with van der Waals surface area (Å²) in [5.74, 6) is -1.07. The molecule has 1 aromatic carbocycles. The summed E-state index contributed by atoms with van der Waals surface area (Å²) in [6.07, 6.45) is 2.80. The molecule has 1 unspecified atom stereocenters. The van der Waals surface area contributed by atoms with E-state index in [-0.39, 0.29) is 36.8 Å². The molecule has 0 spiro atoms. The minimum atomic E-state index is -0.587. The van der Waals surface area contributed by atoms with Gasteiger partial charge in [0.15, 0.2) is 0 Å². The first-order chi connectivity index (χ1) is 9.65. The number of nitrogens with zero attached hydrogens (tertiary/aromatic N) is 1. The molecule has 2 fully saturated rings. The van der Waals surface area contributed by atoms with Gasteiger partial charge in [-0.2, -0.15) is 0 Å². The molecular formula is C15H19ClF2N2O. The lowest BCUT2D eigenvalue weighted by Gasteiger charge is -2.25. The topological polar surface area (TPSA) is 32.3 Å². The number of hydrogen-bond acceptors (Lipinski definition) is 2. The van der Waals surface area contributed by atoms with Crippen molar-refractivity contribution in [1.82, 2.24) is 10.2 Å². The Labute approximate surface area is 129 Å². The van der Waals surface area contributed by atoms with Crippen LogP contribution in [-0.2, 0) is 11.3 Å². The van der Waals surface area contributed by atoms with Crippen molar-refractivity contribution in [3.8, 4) is 0 Å². The molecule has 0 radical (unpaired) electrons. The molecule has 0 aromatic heterocycles. The Morgan fingerprint density at radius 2 is 2.05 bits per heavy atom. The Kier molecular flexibility index (Phi) is 5.17. The molecule has 21 heavy (non-hydrogen) atoms. The van der Waals surface area contributed by atoms with E-state index in [1.165, 1.54) is 12.1 Å². The van der Waals surface area contributed by atoms with E-state index in [0.29, 0.717) is 12.1 Å². The van der Waals surface area contributed by atoms with Crippen LogP contribution in [0.2, 0.25) is 0 Å². The third-order valence-corrected chi connectivity index (χ3v) is 4.04. The van der Waals surface area contributed by atoms with Crippen LogP contribution < -0.4 is 5.32 Å². The van der Waals surface area contributed by atoms with Gasteiger partial charge in [0, 0.05) is 30.8 Å². The number of amides is 1. The molecule has 6 heteroatoms. The van der Waals surface area contributed by atoms with Gasteiger partial charge in [-0.15, -0.1) is 12.4 Å². The second-order valence-electron chi connectivity index (χ2n) is 5.62. The molecule has 1 aliphatic heterocycles. The zero-order chi connectivity index (χ0) is 14.1. The largest absolute Gasteiger partial charge is 0.335 e. The first-order valence-electron chi connectivity index (χ1n) is 7.10. The van der Waals surface area contributed by atoms with Crippen LogP contribution in [0.5, 0.6) is 0 Å². The van der Waals surface area contributed by atoms with E-state index in [1.54, 1.807) is 4.90 Å².